The van der Waals surface area contributed by atoms with Gasteiger partial charge in [-0.1, -0.05) is 30.3 Å². The van der Waals surface area contributed by atoms with Crippen LogP contribution in [0, 0.1) is 5.41 Å². The van der Waals surface area contributed by atoms with Crippen LogP contribution in [-0.2, 0) is 25.5 Å². The van der Waals surface area contributed by atoms with E-state index in [1.165, 1.54) is 5.56 Å². The molecule has 0 spiro atoms. The van der Waals surface area contributed by atoms with Gasteiger partial charge in [0.15, 0.2) is 5.41 Å². The van der Waals surface area contributed by atoms with Gasteiger partial charge >= 0.3 is 11.9 Å². The molecular formula is C18H22O4. The highest BCUT2D eigenvalue weighted by molar-refractivity contribution is 6.01. The summed E-state index contributed by atoms with van der Waals surface area (Å²) in [5, 5.41) is 0. The lowest BCUT2D eigenvalue weighted by Gasteiger charge is -2.25. The number of ether oxygens (including phenoxy) is 2. The minimum absolute atomic E-state index is 0.240. The van der Waals surface area contributed by atoms with E-state index in [1.807, 2.05) is 18.2 Å². The van der Waals surface area contributed by atoms with Gasteiger partial charge in [-0.3, -0.25) is 9.59 Å². The van der Waals surface area contributed by atoms with Crippen molar-refractivity contribution in [2.45, 2.75) is 33.6 Å². The van der Waals surface area contributed by atoms with Crippen LogP contribution in [0.3, 0.4) is 0 Å². The summed E-state index contributed by atoms with van der Waals surface area (Å²) in [7, 11) is 0. The zero-order valence-electron chi connectivity index (χ0n) is 13.3. The molecule has 2 rings (SSSR count). The van der Waals surface area contributed by atoms with E-state index in [0.717, 1.165) is 17.6 Å². The van der Waals surface area contributed by atoms with Crippen molar-refractivity contribution in [1.29, 1.82) is 0 Å². The number of benzene rings is 1. The van der Waals surface area contributed by atoms with Gasteiger partial charge < -0.3 is 9.47 Å². The van der Waals surface area contributed by atoms with Crippen LogP contribution >= 0.6 is 0 Å². The second-order valence-electron chi connectivity index (χ2n) is 5.54. The minimum atomic E-state index is -1.31. The highest BCUT2D eigenvalue weighted by atomic mass is 16.6. The molecule has 0 fully saturated rings. The van der Waals surface area contributed by atoms with Gasteiger partial charge in [-0.25, -0.2) is 0 Å². The standard InChI is InChI=1S/C18H22O4/c1-4-21-16(19)18(3,17(20)22-5-2)12-14-11-10-13-8-6-7-9-15(13)14/h6-9,11H,4-5,10,12H2,1-3H3. The van der Waals surface area contributed by atoms with Crippen molar-refractivity contribution in [1.82, 2.24) is 0 Å². The molecule has 0 saturated heterocycles. The summed E-state index contributed by atoms with van der Waals surface area (Å²) >= 11 is 0. The van der Waals surface area contributed by atoms with Crippen molar-refractivity contribution < 1.29 is 19.1 Å². The van der Waals surface area contributed by atoms with Gasteiger partial charge in [0.2, 0.25) is 0 Å². The Hall–Kier alpha value is -2.10. The Balaban J connectivity index is 2.28. The molecule has 4 nitrogen and oxygen atoms in total. The predicted molar refractivity (Wildman–Crippen MR) is 84.1 cm³/mol. The summed E-state index contributed by atoms with van der Waals surface area (Å²) in [6.07, 6.45) is 3.19. The second-order valence-corrected chi connectivity index (χ2v) is 5.54. The summed E-state index contributed by atoms with van der Waals surface area (Å²) in [5.41, 5.74) is 2.00. The van der Waals surface area contributed by atoms with E-state index in [0.29, 0.717) is 6.42 Å². The number of carbonyl (C=O) groups excluding carboxylic acids is 2. The number of hydrogen-bond donors (Lipinski definition) is 0. The molecule has 22 heavy (non-hydrogen) atoms. The van der Waals surface area contributed by atoms with Crippen LogP contribution < -0.4 is 0 Å². The maximum absolute atomic E-state index is 12.3. The summed E-state index contributed by atoms with van der Waals surface area (Å²) in [5.74, 6) is -1.06. The molecule has 118 valence electrons. The Bertz CT molecular complexity index is 583. The number of allylic oxidation sites excluding steroid dienone is 2. The number of fused-ring (bicyclic) bond motifs is 1. The molecule has 0 unspecified atom stereocenters. The number of carbonyl (C=O) groups is 2. The molecule has 0 radical (unpaired) electrons. The highest BCUT2D eigenvalue weighted by Crippen LogP contribution is 2.38. The van der Waals surface area contributed by atoms with Crippen molar-refractivity contribution >= 4 is 17.5 Å². The molecular weight excluding hydrogens is 280 g/mol. The first kappa shape index (κ1) is 16.3. The molecule has 0 amide bonds. The maximum atomic E-state index is 12.3. The molecule has 1 aliphatic rings. The zero-order chi connectivity index (χ0) is 16.2. The fourth-order valence-corrected chi connectivity index (χ4v) is 2.71. The Morgan fingerprint density at radius 3 is 2.27 bits per heavy atom. The molecule has 1 aromatic carbocycles. The summed E-state index contributed by atoms with van der Waals surface area (Å²) in [6.45, 7) is 5.54. The maximum Gasteiger partial charge on any atom is 0.323 e. The lowest BCUT2D eigenvalue weighted by molar-refractivity contribution is -0.170. The van der Waals surface area contributed by atoms with Crippen LogP contribution in [0.1, 0.15) is 38.3 Å². The van der Waals surface area contributed by atoms with E-state index in [4.69, 9.17) is 9.47 Å². The van der Waals surface area contributed by atoms with Crippen LogP contribution in [0.15, 0.2) is 30.3 Å². The van der Waals surface area contributed by atoms with Gasteiger partial charge in [0.1, 0.15) is 0 Å². The van der Waals surface area contributed by atoms with E-state index >= 15 is 0 Å². The van der Waals surface area contributed by atoms with Gasteiger partial charge in [0, 0.05) is 0 Å². The Labute approximate surface area is 131 Å². The largest absolute Gasteiger partial charge is 0.465 e. The Morgan fingerprint density at radius 2 is 1.68 bits per heavy atom. The lowest BCUT2D eigenvalue weighted by Crippen LogP contribution is -2.39. The minimum Gasteiger partial charge on any atom is -0.465 e. The molecule has 1 aromatic rings. The normalized spacial score (nSPS) is 13.3. The lowest BCUT2D eigenvalue weighted by atomic mass is 9.82. The van der Waals surface area contributed by atoms with Gasteiger partial charge in [-0.05, 0) is 50.3 Å². The molecule has 0 aromatic heterocycles. The molecule has 4 heteroatoms. The number of rotatable bonds is 6. The number of hydrogen-bond acceptors (Lipinski definition) is 4. The molecule has 0 aliphatic heterocycles. The zero-order valence-corrected chi connectivity index (χ0v) is 13.3. The van der Waals surface area contributed by atoms with Gasteiger partial charge in [0.05, 0.1) is 13.2 Å². The van der Waals surface area contributed by atoms with E-state index in [9.17, 15) is 9.59 Å². The van der Waals surface area contributed by atoms with E-state index < -0.39 is 17.4 Å². The fourth-order valence-electron chi connectivity index (χ4n) is 2.71. The quantitative estimate of drug-likeness (QED) is 0.598. The van der Waals surface area contributed by atoms with E-state index in [2.05, 4.69) is 12.1 Å². The summed E-state index contributed by atoms with van der Waals surface area (Å²) in [6, 6.07) is 8.03. The Morgan fingerprint density at radius 1 is 1.09 bits per heavy atom. The fraction of sp³-hybridized carbons (Fsp3) is 0.444. The molecule has 0 heterocycles. The average Bonchev–Trinajstić information content (AvgIpc) is 2.91. The third-order valence-corrected chi connectivity index (χ3v) is 3.93. The van der Waals surface area contributed by atoms with Crippen molar-refractivity contribution in [2.24, 2.45) is 5.41 Å². The third kappa shape index (κ3) is 3.06. The number of esters is 2. The average molecular weight is 302 g/mol. The highest BCUT2D eigenvalue weighted by Gasteiger charge is 2.45. The first-order valence-corrected chi connectivity index (χ1v) is 7.64. The molecule has 0 N–H and O–H groups in total. The molecule has 0 bridgehead atoms. The molecule has 1 aliphatic carbocycles. The van der Waals surface area contributed by atoms with Crippen molar-refractivity contribution in [3.05, 3.63) is 41.5 Å². The van der Waals surface area contributed by atoms with Crippen LogP contribution in [0.25, 0.3) is 5.57 Å². The van der Waals surface area contributed by atoms with Gasteiger partial charge in [0.25, 0.3) is 0 Å². The topological polar surface area (TPSA) is 52.6 Å². The van der Waals surface area contributed by atoms with Crippen LogP contribution in [-0.4, -0.2) is 25.2 Å². The van der Waals surface area contributed by atoms with Crippen molar-refractivity contribution in [3.63, 3.8) is 0 Å². The Kier molecular flexibility index (Phi) is 5.01. The van der Waals surface area contributed by atoms with Crippen molar-refractivity contribution in [2.75, 3.05) is 13.2 Å². The van der Waals surface area contributed by atoms with Crippen LogP contribution in [0.2, 0.25) is 0 Å². The first-order valence-electron chi connectivity index (χ1n) is 7.64. The summed E-state index contributed by atoms with van der Waals surface area (Å²) in [4.78, 5) is 24.7. The van der Waals surface area contributed by atoms with E-state index in [-0.39, 0.29) is 13.2 Å². The summed E-state index contributed by atoms with van der Waals surface area (Å²) < 4.78 is 10.2. The third-order valence-electron chi connectivity index (χ3n) is 3.93. The first-order chi connectivity index (χ1) is 10.5. The van der Waals surface area contributed by atoms with Gasteiger partial charge in [-0.2, -0.15) is 0 Å². The smallest absolute Gasteiger partial charge is 0.323 e. The SMILES string of the molecule is CCOC(=O)C(C)(CC1=CCc2ccccc21)C(=O)OCC. The molecule has 0 atom stereocenters. The van der Waals surface area contributed by atoms with E-state index in [1.54, 1.807) is 20.8 Å². The molecule has 0 saturated carbocycles. The van der Waals surface area contributed by atoms with Crippen LogP contribution in [0.5, 0.6) is 0 Å². The predicted octanol–water partition coefficient (Wildman–Crippen LogP) is 3.15. The van der Waals surface area contributed by atoms with Gasteiger partial charge in [-0.15, -0.1) is 0 Å². The monoisotopic (exact) mass is 302 g/mol. The van der Waals surface area contributed by atoms with Crippen LogP contribution in [0.4, 0.5) is 0 Å². The van der Waals surface area contributed by atoms with Crippen molar-refractivity contribution in [3.8, 4) is 0 Å². The second kappa shape index (κ2) is 6.77.